The maximum atomic E-state index is 12.4. The van der Waals surface area contributed by atoms with Crippen LogP contribution < -0.4 is 10.1 Å². The number of hydrogen-bond donors (Lipinski definition) is 2. The monoisotopic (exact) mass is 425 g/mol. The van der Waals surface area contributed by atoms with Crippen molar-refractivity contribution in [1.82, 2.24) is 14.5 Å². The molecule has 2 aliphatic rings. The van der Waals surface area contributed by atoms with Gasteiger partial charge in [-0.2, -0.15) is 0 Å². The first-order valence-electron chi connectivity index (χ1n) is 10.1. The molecule has 29 heavy (non-hydrogen) atoms. The SMILES string of the molecule is CNC(=O)C1CN([C@H]2CCC[C@@H](Oc3ccccc3)[C@@H]2O)CCN(S(C)(=O)=O)C1. The zero-order valence-corrected chi connectivity index (χ0v) is 17.8. The lowest BCUT2D eigenvalue weighted by atomic mass is 9.88. The van der Waals surface area contributed by atoms with Crippen LogP contribution in [0.1, 0.15) is 19.3 Å². The van der Waals surface area contributed by atoms with Crippen molar-refractivity contribution in [3.63, 3.8) is 0 Å². The fourth-order valence-corrected chi connectivity index (χ4v) is 5.16. The van der Waals surface area contributed by atoms with Gasteiger partial charge < -0.3 is 15.2 Å². The van der Waals surface area contributed by atoms with Gasteiger partial charge in [-0.3, -0.25) is 9.69 Å². The summed E-state index contributed by atoms with van der Waals surface area (Å²) in [6.07, 6.45) is 2.57. The van der Waals surface area contributed by atoms with E-state index < -0.39 is 22.0 Å². The molecule has 1 aromatic rings. The molecule has 0 bridgehead atoms. The fourth-order valence-electron chi connectivity index (χ4n) is 4.30. The molecule has 1 aliphatic heterocycles. The van der Waals surface area contributed by atoms with Gasteiger partial charge in [-0.05, 0) is 31.4 Å². The van der Waals surface area contributed by atoms with Gasteiger partial charge in [0.25, 0.3) is 0 Å². The van der Waals surface area contributed by atoms with E-state index in [0.717, 1.165) is 25.0 Å². The Bertz CT molecular complexity index is 789. The minimum atomic E-state index is -3.40. The first-order valence-corrected chi connectivity index (χ1v) is 11.9. The van der Waals surface area contributed by atoms with Crippen molar-refractivity contribution >= 4 is 15.9 Å². The standard InChI is InChI=1S/C20H31N3O5S/c1-21-20(25)15-13-22(11-12-23(14-15)29(2,26)27)17-9-6-10-18(19(17)24)28-16-7-4-3-5-8-16/h3-5,7-8,15,17-19,24H,6,9-14H2,1-2H3,(H,21,25)/t15?,17-,18+,19+/m0/s1. The Morgan fingerprint density at radius 2 is 1.90 bits per heavy atom. The van der Waals surface area contributed by atoms with Crippen LogP contribution in [0.15, 0.2) is 30.3 Å². The van der Waals surface area contributed by atoms with Gasteiger partial charge in [0.05, 0.1) is 12.2 Å². The van der Waals surface area contributed by atoms with Crippen molar-refractivity contribution in [2.45, 2.75) is 37.5 Å². The quantitative estimate of drug-likeness (QED) is 0.703. The van der Waals surface area contributed by atoms with Crippen LogP contribution in [-0.4, -0.2) is 86.4 Å². The van der Waals surface area contributed by atoms with Gasteiger partial charge in [-0.25, -0.2) is 12.7 Å². The number of aliphatic hydroxyl groups excluding tert-OH is 1. The molecule has 2 fully saturated rings. The lowest BCUT2D eigenvalue weighted by molar-refractivity contribution is -0.125. The van der Waals surface area contributed by atoms with Crippen LogP contribution in [0.4, 0.5) is 0 Å². The summed E-state index contributed by atoms with van der Waals surface area (Å²) < 4.78 is 31.6. The van der Waals surface area contributed by atoms with E-state index in [4.69, 9.17) is 4.74 Å². The zero-order valence-electron chi connectivity index (χ0n) is 17.0. The highest BCUT2D eigenvalue weighted by atomic mass is 32.2. The normalized spacial score (nSPS) is 29.8. The molecular weight excluding hydrogens is 394 g/mol. The molecule has 9 heteroatoms. The molecule has 1 amide bonds. The van der Waals surface area contributed by atoms with E-state index in [-0.39, 0.29) is 24.6 Å². The third-order valence-corrected chi connectivity index (χ3v) is 7.13. The Balaban J connectivity index is 1.75. The van der Waals surface area contributed by atoms with E-state index in [1.165, 1.54) is 10.6 Å². The van der Waals surface area contributed by atoms with E-state index >= 15 is 0 Å². The minimum Gasteiger partial charge on any atom is -0.488 e. The van der Waals surface area contributed by atoms with Crippen molar-refractivity contribution in [3.05, 3.63) is 30.3 Å². The molecule has 8 nitrogen and oxygen atoms in total. The van der Waals surface area contributed by atoms with E-state index in [0.29, 0.717) is 19.6 Å². The Morgan fingerprint density at radius 1 is 1.17 bits per heavy atom. The van der Waals surface area contributed by atoms with Crippen LogP contribution in [-0.2, 0) is 14.8 Å². The number of amides is 1. The number of carbonyl (C=O) groups is 1. The van der Waals surface area contributed by atoms with E-state index in [1.54, 1.807) is 7.05 Å². The Morgan fingerprint density at radius 3 is 2.55 bits per heavy atom. The predicted octanol–water partition coefficient (Wildman–Crippen LogP) is 0.287. The fraction of sp³-hybridized carbons (Fsp3) is 0.650. The third-order valence-electron chi connectivity index (χ3n) is 5.87. The molecule has 1 saturated carbocycles. The number of nitrogens with zero attached hydrogens (tertiary/aromatic N) is 2. The number of hydrogen-bond acceptors (Lipinski definition) is 6. The summed E-state index contributed by atoms with van der Waals surface area (Å²) in [6, 6.07) is 9.26. The lowest BCUT2D eigenvalue weighted by Crippen LogP contribution is -2.54. The van der Waals surface area contributed by atoms with E-state index in [9.17, 15) is 18.3 Å². The molecule has 0 spiro atoms. The molecule has 2 N–H and O–H groups in total. The van der Waals surface area contributed by atoms with Crippen molar-refractivity contribution in [2.75, 3.05) is 39.5 Å². The average molecular weight is 426 g/mol. The van der Waals surface area contributed by atoms with Crippen molar-refractivity contribution in [2.24, 2.45) is 5.92 Å². The predicted molar refractivity (Wildman–Crippen MR) is 110 cm³/mol. The summed E-state index contributed by atoms with van der Waals surface area (Å²) in [5.74, 6) is 0.0485. The second-order valence-corrected chi connectivity index (χ2v) is 9.87. The number of ether oxygens (including phenoxy) is 1. The number of aliphatic hydroxyl groups is 1. The average Bonchev–Trinajstić information content (AvgIpc) is 2.93. The molecule has 162 valence electrons. The van der Waals surface area contributed by atoms with Crippen molar-refractivity contribution in [3.8, 4) is 5.75 Å². The zero-order chi connectivity index (χ0) is 21.0. The Hall–Kier alpha value is -1.68. The molecule has 3 rings (SSSR count). The molecule has 1 aromatic carbocycles. The molecule has 4 atom stereocenters. The summed E-state index contributed by atoms with van der Waals surface area (Å²) in [6.45, 7) is 1.34. The topological polar surface area (TPSA) is 99.2 Å². The largest absolute Gasteiger partial charge is 0.488 e. The first-order chi connectivity index (χ1) is 13.8. The maximum Gasteiger partial charge on any atom is 0.225 e. The molecule has 0 radical (unpaired) electrons. The molecule has 1 heterocycles. The van der Waals surface area contributed by atoms with E-state index in [1.807, 2.05) is 30.3 Å². The second-order valence-electron chi connectivity index (χ2n) is 7.89. The van der Waals surface area contributed by atoms with Gasteiger partial charge in [0.15, 0.2) is 0 Å². The highest BCUT2D eigenvalue weighted by Crippen LogP contribution is 2.29. The minimum absolute atomic E-state index is 0.155. The van der Waals surface area contributed by atoms with Gasteiger partial charge in [-0.15, -0.1) is 0 Å². The van der Waals surface area contributed by atoms with Crippen molar-refractivity contribution in [1.29, 1.82) is 0 Å². The Labute approximate surface area is 172 Å². The van der Waals surface area contributed by atoms with Crippen LogP contribution >= 0.6 is 0 Å². The van der Waals surface area contributed by atoms with Crippen LogP contribution in [0, 0.1) is 5.92 Å². The van der Waals surface area contributed by atoms with Gasteiger partial charge in [0, 0.05) is 39.3 Å². The maximum absolute atomic E-state index is 12.4. The van der Waals surface area contributed by atoms with Gasteiger partial charge in [0.2, 0.25) is 15.9 Å². The van der Waals surface area contributed by atoms with Crippen LogP contribution in [0.3, 0.4) is 0 Å². The molecule has 1 saturated heterocycles. The summed E-state index contributed by atoms with van der Waals surface area (Å²) in [5.41, 5.74) is 0. The number of para-hydroxylation sites is 1. The van der Waals surface area contributed by atoms with Crippen LogP contribution in [0.25, 0.3) is 0 Å². The second kappa shape index (κ2) is 9.42. The Kier molecular flexibility index (Phi) is 7.15. The molecule has 1 aliphatic carbocycles. The highest BCUT2D eigenvalue weighted by molar-refractivity contribution is 7.88. The van der Waals surface area contributed by atoms with Crippen LogP contribution in [0.5, 0.6) is 5.75 Å². The smallest absolute Gasteiger partial charge is 0.225 e. The molecule has 1 unspecified atom stereocenters. The summed E-state index contributed by atoms with van der Waals surface area (Å²) in [4.78, 5) is 14.4. The molecule has 0 aromatic heterocycles. The van der Waals surface area contributed by atoms with E-state index in [2.05, 4.69) is 10.2 Å². The summed E-state index contributed by atoms with van der Waals surface area (Å²) in [5, 5.41) is 13.7. The number of nitrogens with one attached hydrogen (secondary N) is 1. The number of rotatable bonds is 5. The van der Waals surface area contributed by atoms with Gasteiger partial charge in [0.1, 0.15) is 18.0 Å². The van der Waals surface area contributed by atoms with Crippen LogP contribution in [0.2, 0.25) is 0 Å². The number of carbonyl (C=O) groups excluding carboxylic acids is 1. The third kappa shape index (κ3) is 5.48. The first kappa shape index (κ1) is 22.0. The lowest BCUT2D eigenvalue weighted by Gasteiger charge is -2.41. The van der Waals surface area contributed by atoms with Crippen molar-refractivity contribution < 1.29 is 23.1 Å². The van der Waals surface area contributed by atoms with Gasteiger partial charge >= 0.3 is 0 Å². The summed E-state index contributed by atoms with van der Waals surface area (Å²) >= 11 is 0. The number of sulfonamides is 1. The highest BCUT2D eigenvalue weighted by Gasteiger charge is 2.40. The summed E-state index contributed by atoms with van der Waals surface area (Å²) in [7, 11) is -1.85. The van der Waals surface area contributed by atoms with Gasteiger partial charge in [-0.1, -0.05) is 18.2 Å². The molecular formula is C20H31N3O5S. The number of benzene rings is 1.